The molecule has 0 aliphatic carbocycles. The molecule has 0 saturated carbocycles. The maximum Gasteiger partial charge on any atom is 0.268 e. The first kappa shape index (κ1) is 25.4. The molecule has 7 nitrogen and oxygen atoms in total. The number of aromatic nitrogens is 1. The fraction of sp³-hybridized carbons (Fsp3) is 0.385. The topological polar surface area (TPSA) is 83.4 Å². The minimum atomic E-state index is -1.15. The first-order chi connectivity index (χ1) is 16.7. The third-order valence-corrected chi connectivity index (χ3v) is 7.63. The van der Waals surface area contributed by atoms with E-state index in [0.29, 0.717) is 27.3 Å². The number of hydrogen-bond donors (Lipinski definition) is 2. The Labute approximate surface area is 213 Å². The summed E-state index contributed by atoms with van der Waals surface area (Å²) in [6.07, 6.45) is 3.40. The molecule has 1 atom stereocenters. The van der Waals surface area contributed by atoms with Crippen LogP contribution in [0.1, 0.15) is 37.2 Å². The normalized spacial score (nSPS) is 15.9. The zero-order chi connectivity index (χ0) is 25.1. The third kappa shape index (κ3) is 6.12. The Morgan fingerprint density at radius 2 is 1.77 bits per heavy atom. The van der Waals surface area contributed by atoms with Crippen LogP contribution in [0, 0.1) is 0 Å². The SMILES string of the molecule is CC(C)N1CCC(NC(=O)c2cc3cc(S(C)=O)ccc3n2CC(=O)Nc2ccc(Cl)cc2)CC1. The number of fused-ring (bicyclic) bond motifs is 1. The van der Waals surface area contributed by atoms with E-state index >= 15 is 0 Å². The van der Waals surface area contributed by atoms with Gasteiger partial charge in [0.1, 0.15) is 12.2 Å². The molecule has 186 valence electrons. The van der Waals surface area contributed by atoms with Crippen molar-refractivity contribution in [3.05, 3.63) is 59.2 Å². The molecule has 2 amide bonds. The maximum absolute atomic E-state index is 13.4. The molecule has 35 heavy (non-hydrogen) atoms. The van der Waals surface area contributed by atoms with E-state index in [-0.39, 0.29) is 24.4 Å². The third-order valence-electron chi connectivity index (χ3n) is 6.46. The van der Waals surface area contributed by atoms with Crippen LogP contribution >= 0.6 is 11.6 Å². The molecular formula is C26H31ClN4O3S. The van der Waals surface area contributed by atoms with E-state index in [9.17, 15) is 13.8 Å². The predicted octanol–water partition coefficient (Wildman–Crippen LogP) is 4.27. The van der Waals surface area contributed by atoms with Gasteiger partial charge >= 0.3 is 0 Å². The molecule has 1 fully saturated rings. The summed E-state index contributed by atoms with van der Waals surface area (Å²) < 4.78 is 13.7. The average Bonchev–Trinajstić information content (AvgIpc) is 3.18. The van der Waals surface area contributed by atoms with Crippen molar-refractivity contribution in [1.29, 1.82) is 0 Å². The van der Waals surface area contributed by atoms with Gasteiger partial charge in [0.05, 0.1) is 0 Å². The Morgan fingerprint density at radius 3 is 2.40 bits per heavy atom. The number of halogens is 1. The van der Waals surface area contributed by atoms with Gasteiger partial charge in [0.2, 0.25) is 5.91 Å². The van der Waals surface area contributed by atoms with Crippen LogP contribution < -0.4 is 10.6 Å². The van der Waals surface area contributed by atoms with Crippen molar-refractivity contribution in [2.45, 2.75) is 50.2 Å². The first-order valence-corrected chi connectivity index (χ1v) is 13.7. The van der Waals surface area contributed by atoms with Crippen molar-refractivity contribution in [2.24, 2.45) is 0 Å². The number of anilines is 1. The average molecular weight is 515 g/mol. The maximum atomic E-state index is 13.4. The van der Waals surface area contributed by atoms with E-state index in [0.717, 1.165) is 36.8 Å². The van der Waals surface area contributed by atoms with E-state index in [1.807, 2.05) is 12.1 Å². The number of nitrogens with one attached hydrogen (secondary N) is 2. The molecular weight excluding hydrogens is 484 g/mol. The molecule has 1 aliphatic rings. The van der Waals surface area contributed by atoms with Gasteiger partial charge in [0, 0.05) is 68.7 Å². The lowest BCUT2D eigenvalue weighted by Crippen LogP contribution is -2.47. The number of carbonyl (C=O) groups excluding carboxylic acids is 2. The quantitative estimate of drug-likeness (QED) is 0.493. The largest absolute Gasteiger partial charge is 0.348 e. The zero-order valence-electron chi connectivity index (χ0n) is 20.2. The van der Waals surface area contributed by atoms with E-state index in [2.05, 4.69) is 29.4 Å². The molecule has 1 unspecified atom stereocenters. The standard InChI is InChI=1S/C26H31ClN4O3S/c1-17(2)30-12-10-21(11-13-30)29-26(33)24-15-18-14-22(35(3)34)8-9-23(18)31(24)16-25(32)28-20-6-4-19(27)5-7-20/h4-9,14-15,17,21H,10-13,16H2,1-3H3,(H,28,32)(H,29,33). The van der Waals surface area contributed by atoms with Crippen LogP contribution in [0.4, 0.5) is 5.69 Å². The molecule has 1 aliphatic heterocycles. The Balaban J connectivity index is 1.58. The Hall–Kier alpha value is -2.68. The Bertz CT molecular complexity index is 1250. The van der Waals surface area contributed by atoms with E-state index in [4.69, 9.17) is 11.6 Å². The molecule has 2 aromatic carbocycles. The number of likely N-dealkylation sites (tertiary alicyclic amines) is 1. The lowest BCUT2D eigenvalue weighted by atomic mass is 10.0. The predicted molar refractivity (Wildman–Crippen MR) is 142 cm³/mol. The minimum absolute atomic E-state index is 0.0325. The van der Waals surface area contributed by atoms with Gasteiger partial charge < -0.3 is 20.1 Å². The summed E-state index contributed by atoms with van der Waals surface area (Å²) in [5.41, 5.74) is 1.78. The highest BCUT2D eigenvalue weighted by molar-refractivity contribution is 7.84. The summed E-state index contributed by atoms with van der Waals surface area (Å²) in [7, 11) is -1.15. The Morgan fingerprint density at radius 1 is 1.09 bits per heavy atom. The fourth-order valence-electron chi connectivity index (χ4n) is 4.48. The van der Waals surface area contributed by atoms with E-state index in [1.165, 1.54) is 0 Å². The molecule has 0 radical (unpaired) electrons. The highest BCUT2D eigenvalue weighted by Gasteiger charge is 2.25. The summed E-state index contributed by atoms with van der Waals surface area (Å²) in [5, 5.41) is 7.39. The van der Waals surface area contributed by atoms with Crippen LogP contribution in [0.25, 0.3) is 10.9 Å². The van der Waals surface area contributed by atoms with Crippen LogP contribution in [-0.4, -0.2) is 56.9 Å². The lowest BCUT2D eigenvalue weighted by molar-refractivity contribution is -0.116. The number of carbonyl (C=O) groups is 2. The molecule has 1 saturated heterocycles. The molecule has 0 spiro atoms. The summed E-state index contributed by atoms with van der Waals surface area (Å²) in [4.78, 5) is 29.3. The molecule has 3 aromatic rings. The molecule has 0 bridgehead atoms. The number of rotatable bonds is 7. The van der Waals surface area contributed by atoms with Gasteiger partial charge in [-0.15, -0.1) is 0 Å². The second-order valence-electron chi connectivity index (χ2n) is 9.22. The van der Waals surface area contributed by atoms with Gasteiger partial charge in [0.25, 0.3) is 5.91 Å². The van der Waals surface area contributed by atoms with Crippen LogP contribution in [0.2, 0.25) is 5.02 Å². The summed E-state index contributed by atoms with van der Waals surface area (Å²) in [5.74, 6) is -0.463. The molecule has 9 heteroatoms. The van der Waals surface area contributed by atoms with E-state index in [1.54, 1.807) is 47.2 Å². The monoisotopic (exact) mass is 514 g/mol. The zero-order valence-corrected chi connectivity index (χ0v) is 21.8. The van der Waals surface area contributed by atoms with Gasteiger partial charge in [-0.3, -0.25) is 13.8 Å². The number of piperidine rings is 1. The van der Waals surface area contributed by atoms with Crippen LogP contribution in [-0.2, 0) is 22.1 Å². The van der Waals surface area contributed by atoms with Crippen molar-refractivity contribution in [3.8, 4) is 0 Å². The number of hydrogen-bond acceptors (Lipinski definition) is 4. The lowest BCUT2D eigenvalue weighted by Gasteiger charge is -2.34. The van der Waals surface area contributed by atoms with Gasteiger partial charge in [-0.2, -0.15) is 0 Å². The summed E-state index contributed by atoms with van der Waals surface area (Å²) >= 11 is 5.94. The number of nitrogens with zero attached hydrogens (tertiary/aromatic N) is 2. The number of amides is 2. The molecule has 2 N–H and O–H groups in total. The highest BCUT2D eigenvalue weighted by atomic mass is 35.5. The van der Waals surface area contributed by atoms with Gasteiger partial charge in [0.15, 0.2) is 0 Å². The van der Waals surface area contributed by atoms with Crippen LogP contribution in [0.5, 0.6) is 0 Å². The smallest absolute Gasteiger partial charge is 0.268 e. The van der Waals surface area contributed by atoms with Gasteiger partial charge in [-0.05, 0) is 75.2 Å². The second-order valence-corrected chi connectivity index (χ2v) is 11.0. The van der Waals surface area contributed by atoms with Gasteiger partial charge in [-0.1, -0.05) is 11.6 Å². The van der Waals surface area contributed by atoms with Crippen molar-refractivity contribution < 1.29 is 13.8 Å². The minimum Gasteiger partial charge on any atom is -0.348 e. The van der Waals surface area contributed by atoms with Gasteiger partial charge in [-0.25, -0.2) is 0 Å². The fourth-order valence-corrected chi connectivity index (χ4v) is 5.16. The highest BCUT2D eigenvalue weighted by Crippen LogP contribution is 2.24. The van der Waals surface area contributed by atoms with Crippen LogP contribution in [0.3, 0.4) is 0 Å². The molecule has 1 aromatic heterocycles. The second kappa shape index (κ2) is 10.9. The first-order valence-electron chi connectivity index (χ1n) is 11.8. The van der Waals surface area contributed by atoms with Crippen molar-refractivity contribution in [1.82, 2.24) is 14.8 Å². The van der Waals surface area contributed by atoms with Crippen molar-refractivity contribution in [2.75, 3.05) is 24.7 Å². The summed E-state index contributed by atoms with van der Waals surface area (Å²) in [6, 6.07) is 14.6. The van der Waals surface area contributed by atoms with Crippen molar-refractivity contribution in [3.63, 3.8) is 0 Å². The molecule has 4 rings (SSSR count). The van der Waals surface area contributed by atoms with E-state index < -0.39 is 10.8 Å². The van der Waals surface area contributed by atoms with Crippen LogP contribution in [0.15, 0.2) is 53.4 Å². The Kier molecular flexibility index (Phi) is 7.94. The van der Waals surface area contributed by atoms with Crippen molar-refractivity contribution >= 4 is 50.8 Å². The number of benzene rings is 2. The molecule has 2 heterocycles. The summed E-state index contributed by atoms with van der Waals surface area (Å²) in [6.45, 7) is 6.23.